The molecule has 0 amide bonds. The minimum atomic E-state index is -0.227. The molecule has 1 N–H and O–H groups in total. The van der Waals surface area contributed by atoms with Crippen LogP contribution in [0.5, 0.6) is 5.75 Å². The Morgan fingerprint density at radius 1 is 0.650 bits per heavy atom. The van der Waals surface area contributed by atoms with Crippen molar-refractivity contribution in [2.75, 3.05) is 0 Å². The summed E-state index contributed by atoms with van der Waals surface area (Å²) in [5.41, 5.74) is 12.9. The lowest BCUT2D eigenvalue weighted by atomic mass is 9.61. The van der Waals surface area contributed by atoms with Crippen LogP contribution in [0.1, 0.15) is 98.0 Å². The highest BCUT2D eigenvalue weighted by Gasteiger charge is 2.45. The fourth-order valence-electron chi connectivity index (χ4n) is 7.61. The molecule has 3 heteroatoms. The maximum Gasteiger partial charge on any atom is 0.149 e. The Labute approximate surface area is 235 Å². The minimum Gasteiger partial charge on any atom is -0.507 e. The van der Waals surface area contributed by atoms with E-state index in [0.29, 0.717) is 5.75 Å². The van der Waals surface area contributed by atoms with E-state index in [9.17, 15) is 5.11 Å². The van der Waals surface area contributed by atoms with Crippen molar-refractivity contribution in [1.82, 2.24) is 9.38 Å². The summed E-state index contributed by atoms with van der Waals surface area (Å²) >= 11 is 0. The summed E-state index contributed by atoms with van der Waals surface area (Å²) in [5.74, 6) is 0.539. The van der Waals surface area contributed by atoms with Crippen LogP contribution in [0.2, 0.25) is 0 Å². The molecule has 0 radical (unpaired) electrons. The van der Waals surface area contributed by atoms with Crippen LogP contribution in [0.4, 0.5) is 0 Å². The number of phenols is 1. The van der Waals surface area contributed by atoms with Gasteiger partial charge in [-0.1, -0.05) is 108 Å². The zero-order valence-electron chi connectivity index (χ0n) is 24.0. The number of hydrogen-bond acceptors (Lipinski definition) is 2. The van der Waals surface area contributed by atoms with Gasteiger partial charge in [0.25, 0.3) is 0 Å². The van der Waals surface area contributed by atoms with Crippen molar-refractivity contribution < 1.29 is 5.11 Å². The topological polar surface area (TPSA) is 37.5 Å². The van der Waals surface area contributed by atoms with Crippen molar-refractivity contribution in [3.05, 3.63) is 124 Å². The van der Waals surface area contributed by atoms with Gasteiger partial charge in [-0.3, -0.25) is 4.40 Å². The lowest BCUT2D eigenvalue weighted by Gasteiger charge is -2.44. The first-order chi connectivity index (χ1) is 19.1. The highest BCUT2D eigenvalue weighted by atomic mass is 16.3. The van der Waals surface area contributed by atoms with E-state index in [4.69, 9.17) is 4.98 Å². The average Bonchev–Trinajstić information content (AvgIpc) is 3.31. The third-order valence-electron chi connectivity index (χ3n) is 9.28. The number of hydrogen-bond donors (Lipinski definition) is 1. The second-order valence-electron chi connectivity index (χ2n) is 13.8. The van der Waals surface area contributed by atoms with Crippen molar-refractivity contribution >= 4 is 27.5 Å². The van der Waals surface area contributed by atoms with Gasteiger partial charge in [0, 0.05) is 17.2 Å². The molecule has 4 aromatic carbocycles. The molecule has 2 heterocycles. The quantitative estimate of drug-likeness (QED) is 0.216. The van der Waals surface area contributed by atoms with Crippen LogP contribution < -0.4 is 0 Å². The Hall–Kier alpha value is -4.11. The Bertz CT molecular complexity index is 2000. The van der Waals surface area contributed by atoms with Crippen LogP contribution in [0.15, 0.2) is 78.9 Å². The molecule has 0 unspecified atom stereocenters. The molecule has 0 saturated carbocycles. The Morgan fingerprint density at radius 2 is 1.18 bits per heavy atom. The van der Waals surface area contributed by atoms with Crippen LogP contribution in [-0.4, -0.2) is 14.5 Å². The molecule has 0 saturated heterocycles. The molecule has 0 spiro atoms. The molecule has 40 heavy (non-hydrogen) atoms. The van der Waals surface area contributed by atoms with Crippen molar-refractivity contribution in [2.24, 2.45) is 0 Å². The van der Waals surface area contributed by atoms with Gasteiger partial charge in [0.15, 0.2) is 0 Å². The van der Waals surface area contributed by atoms with Crippen LogP contribution in [-0.2, 0) is 10.8 Å². The summed E-state index contributed by atoms with van der Waals surface area (Å²) in [4.78, 5) is 5.26. The summed E-state index contributed by atoms with van der Waals surface area (Å²) in [5, 5.41) is 14.3. The molecule has 3 aliphatic rings. The molecular weight excluding hydrogens is 488 g/mol. The van der Waals surface area contributed by atoms with Gasteiger partial charge in [-0.25, -0.2) is 4.98 Å². The highest BCUT2D eigenvalue weighted by molar-refractivity contribution is 6.08. The Kier molecular flexibility index (Phi) is 4.48. The van der Waals surface area contributed by atoms with E-state index in [1.54, 1.807) is 0 Å². The first-order valence-electron chi connectivity index (χ1n) is 14.4. The molecule has 2 aromatic heterocycles. The van der Waals surface area contributed by atoms with Crippen LogP contribution in [0.25, 0.3) is 27.5 Å². The molecule has 0 atom stereocenters. The monoisotopic (exact) mass is 522 g/mol. The number of phenolic OH excluding ortho intramolecular Hbond substituents is 1. The fraction of sp³-hybridized carbons (Fsp3) is 0.270. The molecule has 6 aromatic rings. The summed E-state index contributed by atoms with van der Waals surface area (Å²) in [6, 6.07) is 28.7. The second kappa shape index (κ2) is 7.54. The predicted molar refractivity (Wildman–Crippen MR) is 164 cm³/mol. The lowest BCUT2D eigenvalue weighted by molar-refractivity contribution is 0.451. The first-order valence-corrected chi connectivity index (χ1v) is 14.4. The summed E-state index contributed by atoms with van der Waals surface area (Å²) in [7, 11) is 0. The summed E-state index contributed by atoms with van der Waals surface area (Å²) in [6.45, 7) is 13.5. The lowest BCUT2D eigenvalue weighted by Crippen LogP contribution is -2.31. The van der Waals surface area contributed by atoms with Gasteiger partial charge in [-0.05, 0) is 61.7 Å². The van der Waals surface area contributed by atoms with E-state index in [1.165, 1.54) is 44.5 Å². The van der Waals surface area contributed by atoms with E-state index in [-0.39, 0.29) is 22.7 Å². The Morgan fingerprint density at radius 3 is 1.75 bits per heavy atom. The van der Waals surface area contributed by atoms with Crippen LogP contribution >= 0.6 is 0 Å². The van der Waals surface area contributed by atoms with Crippen molar-refractivity contribution in [1.29, 1.82) is 0 Å². The van der Waals surface area contributed by atoms with Gasteiger partial charge < -0.3 is 5.11 Å². The number of aromatic hydroxyl groups is 1. The van der Waals surface area contributed by atoms with E-state index >= 15 is 0 Å². The number of nitrogens with zero attached hydrogens (tertiary/aromatic N) is 2. The molecule has 0 fully saturated rings. The smallest absolute Gasteiger partial charge is 0.149 e. The van der Waals surface area contributed by atoms with Gasteiger partial charge in [0.2, 0.25) is 0 Å². The van der Waals surface area contributed by atoms with Gasteiger partial charge in [0.05, 0.1) is 22.3 Å². The standard InChI is InChI=1S/C37H34N2O/c1-36(2,3)24-19-25(37(4,5)6)34(40)32-30(24)31-28-20-13-7-9-15-22(20)29(23-16-10-8-14-21(23)28)33(31)39-27-18-12-11-17-26(27)38-35(32)39/h7-19,28-29,40H,1-6H3. The van der Waals surface area contributed by atoms with E-state index in [1.807, 2.05) is 0 Å². The third-order valence-corrected chi connectivity index (χ3v) is 9.28. The normalized spacial score (nSPS) is 17.9. The molecule has 0 aliphatic heterocycles. The van der Waals surface area contributed by atoms with Crippen LogP contribution in [0.3, 0.4) is 0 Å². The van der Waals surface area contributed by atoms with Gasteiger partial charge >= 0.3 is 0 Å². The molecule has 3 nitrogen and oxygen atoms in total. The number of para-hydroxylation sites is 2. The van der Waals surface area contributed by atoms with E-state index in [2.05, 4.69) is 125 Å². The van der Waals surface area contributed by atoms with E-state index in [0.717, 1.165) is 27.6 Å². The molecular formula is C37H34N2O. The largest absolute Gasteiger partial charge is 0.507 e. The molecule has 198 valence electrons. The Balaban J connectivity index is 1.71. The van der Waals surface area contributed by atoms with E-state index < -0.39 is 0 Å². The van der Waals surface area contributed by atoms with Gasteiger partial charge in [-0.15, -0.1) is 0 Å². The summed E-state index contributed by atoms with van der Waals surface area (Å²) in [6.07, 6.45) is 0. The minimum absolute atomic E-state index is 0.0847. The number of rotatable bonds is 0. The zero-order valence-corrected chi connectivity index (χ0v) is 24.0. The number of aromatic nitrogens is 2. The maximum atomic E-state index is 12.2. The van der Waals surface area contributed by atoms with Crippen molar-refractivity contribution in [3.8, 4) is 5.75 Å². The fourth-order valence-corrected chi connectivity index (χ4v) is 7.61. The molecule has 3 aliphatic carbocycles. The number of benzene rings is 4. The first kappa shape index (κ1) is 23.7. The highest BCUT2D eigenvalue weighted by Crippen LogP contribution is 2.59. The summed E-state index contributed by atoms with van der Waals surface area (Å²) < 4.78 is 2.38. The van der Waals surface area contributed by atoms with Crippen LogP contribution in [0, 0.1) is 0 Å². The predicted octanol–water partition coefficient (Wildman–Crippen LogP) is 8.93. The molecule has 2 bridgehead atoms. The molecule has 9 rings (SSSR count). The third kappa shape index (κ3) is 2.88. The number of imidazole rings is 1. The van der Waals surface area contributed by atoms with Gasteiger partial charge in [-0.2, -0.15) is 0 Å². The maximum absolute atomic E-state index is 12.2. The average molecular weight is 523 g/mol. The van der Waals surface area contributed by atoms with Gasteiger partial charge in [0.1, 0.15) is 11.4 Å². The second-order valence-corrected chi connectivity index (χ2v) is 13.8. The van der Waals surface area contributed by atoms with Crippen molar-refractivity contribution in [3.63, 3.8) is 0 Å². The number of pyridine rings is 1. The zero-order chi connectivity index (χ0) is 27.7. The number of fused-ring (bicyclic) bond motifs is 5. The van der Waals surface area contributed by atoms with Crippen molar-refractivity contribution in [2.45, 2.75) is 64.2 Å². The SMILES string of the molecule is CC(C)(C)c1cc(C(C)(C)C)c2c3c(n4c5ccccc5nc4c2c1O)C1c2ccccc2C3c2ccccc21.